The standard InChI is InChI=1S/C22H26N4O2/c1-6-26-20-12-9-17(13-19(20)23-15(2)21(26)27)22(28)25(5)14-16-7-10-18(11-8-16)24(3)4/h7-13H,6,14H2,1-5H3. The number of hydrogen-bond acceptors (Lipinski definition) is 4. The number of amides is 1. The smallest absolute Gasteiger partial charge is 0.272 e. The normalized spacial score (nSPS) is 10.9. The summed E-state index contributed by atoms with van der Waals surface area (Å²) in [6.07, 6.45) is 0. The van der Waals surface area contributed by atoms with Gasteiger partial charge in [0.15, 0.2) is 0 Å². The number of anilines is 1. The lowest BCUT2D eigenvalue weighted by Gasteiger charge is -2.19. The van der Waals surface area contributed by atoms with E-state index >= 15 is 0 Å². The molecule has 0 aliphatic carbocycles. The molecular weight excluding hydrogens is 352 g/mol. The molecule has 0 radical (unpaired) electrons. The molecule has 0 unspecified atom stereocenters. The van der Waals surface area contributed by atoms with Gasteiger partial charge in [-0.15, -0.1) is 0 Å². The van der Waals surface area contributed by atoms with E-state index in [1.807, 2.05) is 50.2 Å². The summed E-state index contributed by atoms with van der Waals surface area (Å²) >= 11 is 0. The molecule has 1 heterocycles. The third-order valence-electron chi connectivity index (χ3n) is 4.89. The summed E-state index contributed by atoms with van der Waals surface area (Å²) in [6.45, 7) is 4.71. The van der Waals surface area contributed by atoms with Crippen LogP contribution in [-0.4, -0.2) is 41.5 Å². The number of aryl methyl sites for hydroxylation is 2. The topological polar surface area (TPSA) is 58.4 Å². The first-order chi connectivity index (χ1) is 13.3. The number of carbonyl (C=O) groups is 1. The molecule has 3 aromatic rings. The first kappa shape index (κ1) is 19.6. The molecular formula is C22H26N4O2. The zero-order valence-corrected chi connectivity index (χ0v) is 17.1. The largest absolute Gasteiger partial charge is 0.378 e. The monoisotopic (exact) mass is 378 g/mol. The maximum atomic E-state index is 12.9. The van der Waals surface area contributed by atoms with Crippen molar-refractivity contribution in [1.82, 2.24) is 14.5 Å². The van der Waals surface area contributed by atoms with E-state index in [-0.39, 0.29) is 11.5 Å². The predicted molar refractivity (Wildman–Crippen MR) is 113 cm³/mol. The molecule has 0 aliphatic heterocycles. The van der Waals surface area contributed by atoms with E-state index in [0.717, 1.165) is 16.8 Å². The molecule has 1 amide bonds. The van der Waals surface area contributed by atoms with Crippen LogP contribution in [0, 0.1) is 6.92 Å². The molecule has 6 heteroatoms. The Morgan fingerprint density at radius 2 is 1.75 bits per heavy atom. The minimum atomic E-state index is -0.0904. The van der Waals surface area contributed by atoms with E-state index < -0.39 is 0 Å². The van der Waals surface area contributed by atoms with Gasteiger partial charge in [0, 0.05) is 45.5 Å². The highest BCUT2D eigenvalue weighted by Gasteiger charge is 2.15. The number of aromatic nitrogens is 2. The molecule has 0 bridgehead atoms. The molecule has 6 nitrogen and oxygen atoms in total. The van der Waals surface area contributed by atoms with Gasteiger partial charge in [-0.25, -0.2) is 4.98 Å². The Labute approximate surface area is 165 Å². The van der Waals surface area contributed by atoms with Crippen molar-refractivity contribution in [2.75, 3.05) is 26.0 Å². The molecule has 28 heavy (non-hydrogen) atoms. The summed E-state index contributed by atoms with van der Waals surface area (Å²) in [5, 5.41) is 0. The quantitative estimate of drug-likeness (QED) is 0.685. The summed E-state index contributed by atoms with van der Waals surface area (Å²) < 4.78 is 1.68. The molecule has 3 rings (SSSR count). The fourth-order valence-corrected chi connectivity index (χ4v) is 3.29. The maximum absolute atomic E-state index is 12.9. The van der Waals surface area contributed by atoms with E-state index in [9.17, 15) is 9.59 Å². The SMILES string of the molecule is CCn1c(=O)c(C)nc2cc(C(=O)N(C)Cc3ccc(N(C)C)cc3)ccc21. The van der Waals surface area contributed by atoms with Crippen molar-refractivity contribution in [3.63, 3.8) is 0 Å². The first-order valence-electron chi connectivity index (χ1n) is 9.34. The molecule has 0 fully saturated rings. The van der Waals surface area contributed by atoms with Gasteiger partial charge in [0.25, 0.3) is 11.5 Å². The Balaban J connectivity index is 1.86. The zero-order valence-electron chi connectivity index (χ0n) is 17.1. The number of nitrogens with zero attached hydrogens (tertiary/aromatic N) is 4. The molecule has 0 spiro atoms. The van der Waals surface area contributed by atoms with E-state index in [1.165, 1.54) is 0 Å². The Kier molecular flexibility index (Phi) is 5.49. The fraction of sp³-hybridized carbons (Fsp3) is 0.318. The zero-order chi connectivity index (χ0) is 20.4. The van der Waals surface area contributed by atoms with Crippen molar-refractivity contribution >= 4 is 22.6 Å². The van der Waals surface area contributed by atoms with Gasteiger partial charge in [-0.1, -0.05) is 12.1 Å². The third kappa shape index (κ3) is 3.76. The highest BCUT2D eigenvalue weighted by Crippen LogP contribution is 2.17. The second-order valence-corrected chi connectivity index (χ2v) is 7.17. The van der Waals surface area contributed by atoms with Crippen LogP contribution < -0.4 is 10.5 Å². The van der Waals surface area contributed by atoms with Gasteiger partial charge in [-0.05, 0) is 49.7 Å². The van der Waals surface area contributed by atoms with Gasteiger partial charge < -0.3 is 14.4 Å². The van der Waals surface area contributed by atoms with Crippen LogP contribution in [0.1, 0.15) is 28.5 Å². The molecule has 2 aromatic carbocycles. The van der Waals surface area contributed by atoms with Crippen molar-refractivity contribution in [2.45, 2.75) is 26.9 Å². The highest BCUT2D eigenvalue weighted by molar-refractivity contribution is 5.97. The third-order valence-corrected chi connectivity index (χ3v) is 4.89. The number of fused-ring (bicyclic) bond motifs is 1. The average Bonchev–Trinajstić information content (AvgIpc) is 2.68. The Hall–Kier alpha value is -3.15. The Morgan fingerprint density at radius 1 is 1.07 bits per heavy atom. The first-order valence-corrected chi connectivity index (χ1v) is 9.34. The van der Waals surface area contributed by atoms with Crippen LogP contribution in [0.5, 0.6) is 0 Å². The van der Waals surface area contributed by atoms with Crippen molar-refractivity contribution < 1.29 is 4.79 Å². The van der Waals surface area contributed by atoms with Gasteiger partial charge in [0.2, 0.25) is 0 Å². The van der Waals surface area contributed by atoms with E-state index in [1.54, 1.807) is 41.6 Å². The number of rotatable bonds is 5. The molecule has 0 N–H and O–H groups in total. The van der Waals surface area contributed by atoms with Crippen LogP contribution in [0.3, 0.4) is 0 Å². The summed E-state index contributed by atoms with van der Waals surface area (Å²) in [5.74, 6) is -0.0766. The number of hydrogen-bond donors (Lipinski definition) is 0. The summed E-state index contributed by atoms with van der Waals surface area (Å²) in [4.78, 5) is 33.2. The highest BCUT2D eigenvalue weighted by atomic mass is 16.2. The Bertz CT molecular complexity index is 1070. The van der Waals surface area contributed by atoms with Gasteiger partial charge in [0.05, 0.1) is 11.0 Å². The van der Waals surface area contributed by atoms with Crippen LogP contribution in [0.15, 0.2) is 47.3 Å². The van der Waals surface area contributed by atoms with Crippen LogP contribution in [0.2, 0.25) is 0 Å². The molecule has 146 valence electrons. The summed E-state index contributed by atoms with van der Waals surface area (Å²) in [7, 11) is 5.79. The van der Waals surface area contributed by atoms with E-state index in [0.29, 0.717) is 29.9 Å². The maximum Gasteiger partial charge on any atom is 0.272 e. The molecule has 0 aliphatic rings. The van der Waals surface area contributed by atoms with E-state index in [2.05, 4.69) is 4.98 Å². The average molecular weight is 378 g/mol. The lowest BCUT2D eigenvalue weighted by Crippen LogP contribution is -2.27. The lowest BCUT2D eigenvalue weighted by molar-refractivity contribution is 0.0785. The van der Waals surface area contributed by atoms with Crippen molar-refractivity contribution in [1.29, 1.82) is 0 Å². The molecule has 0 saturated carbocycles. The second kappa shape index (κ2) is 7.84. The van der Waals surface area contributed by atoms with Crippen LogP contribution in [-0.2, 0) is 13.1 Å². The van der Waals surface area contributed by atoms with E-state index in [4.69, 9.17) is 0 Å². The second-order valence-electron chi connectivity index (χ2n) is 7.17. The molecule has 0 atom stereocenters. The summed E-state index contributed by atoms with van der Waals surface area (Å²) in [6, 6.07) is 13.5. The molecule has 1 aromatic heterocycles. The van der Waals surface area contributed by atoms with Gasteiger partial charge >= 0.3 is 0 Å². The number of benzene rings is 2. The number of carbonyl (C=O) groups excluding carboxylic acids is 1. The minimum Gasteiger partial charge on any atom is -0.378 e. The molecule has 0 saturated heterocycles. The van der Waals surface area contributed by atoms with Crippen molar-refractivity contribution in [2.24, 2.45) is 0 Å². The van der Waals surface area contributed by atoms with Gasteiger partial charge in [-0.2, -0.15) is 0 Å². The van der Waals surface area contributed by atoms with Crippen molar-refractivity contribution in [3.05, 3.63) is 69.6 Å². The Morgan fingerprint density at radius 3 is 2.36 bits per heavy atom. The lowest BCUT2D eigenvalue weighted by atomic mass is 10.1. The van der Waals surface area contributed by atoms with Gasteiger partial charge in [0.1, 0.15) is 5.69 Å². The van der Waals surface area contributed by atoms with Crippen LogP contribution in [0.4, 0.5) is 5.69 Å². The van der Waals surface area contributed by atoms with Crippen LogP contribution >= 0.6 is 0 Å². The van der Waals surface area contributed by atoms with Crippen molar-refractivity contribution in [3.8, 4) is 0 Å². The fourth-order valence-electron chi connectivity index (χ4n) is 3.29. The predicted octanol–water partition coefficient (Wildman–Crippen LogP) is 3.06. The van der Waals surface area contributed by atoms with Gasteiger partial charge in [-0.3, -0.25) is 9.59 Å². The minimum absolute atomic E-state index is 0.0766. The van der Waals surface area contributed by atoms with Crippen LogP contribution in [0.25, 0.3) is 11.0 Å². The summed E-state index contributed by atoms with van der Waals surface area (Å²) in [5.41, 5.74) is 4.51.